The summed E-state index contributed by atoms with van der Waals surface area (Å²) in [4.78, 5) is 37.0. The number of carboxylic acids is 1. The molecule has 10 heteroatoms. The number of aliphatic carboxylic acids is 1. The number of esters is 2. The van der Waals surface area contributed by atoms with Crippen molar-refractivity contribution in [2.75, 3.05) is 0 Å². The lowest BCUT2D eigenvalue weighted by molar-refractivity contribution is -0.196. The Balaban J connectivity index is 1.45. The third kappa shape index (κ3) is 4.29. The summed E-state index contributed by atoms with van der Waals surface area (Å²) in [6, 6.07) is 5.47. The molecule has 3 aliphatic carbocycles. The lowest BCUT2D eigenvalue weighted by atomic mass is 9.87. The van der Waals surface area contributed by atoms with Crippen molar-refractivity contribution in [3.05, 3.63) is 35.6 Å². The number of carbonyl (C=O) groups is 3. The van der Waals surface area contributed by atoms with Gasteiger partial charge in [-0.25, -0.2) is 18.4 Å². The first-order valence-corrected chi connectivity index (χ1v) is 11.6. The molecule has 186 valence electrons. The Bertz CT molecular complexity index is 951. The molecule has 0 bridgehead atoms. The molecular formula is C24H29F2NO7. The Morgan fingerprint density at radius 1 is 1.15 bits per heavy atom. The molecule has 0 aliphatic heterocycles. The van der Waals surface area contributed by atoms with Gasteiger partial charge in [0, 0.05) is 18.8 Å². The quantitative estimate of drug-likeness (QED) is 0.429. The molecule has 0 radical (unpaired) electrons. The molecule has 3 fully saturated rings. The van der Waals surface area contributed by atoms with E-state index in [1.165, 1.54) is 31.2 Å². The molecule has 0 amide bonds. The van der Waals surface area contributed by atoms with Crippen molar-refractivity contribution in [1.29, 1.82) is 0 Å². The predicted molar refractivity (Wildman–Crippen MR) is 113 cm³/mol. The lowest BCUT2D eigenvalue weighted by Crippen LogP contribution is -2.61. The average molecular weight is 481 g/mol. The molecule has 1 aromatic rings. The van der Waals surface area contributed by atoms with Gasteiger partial charge >= 0.3 is 17.9 Å². The molecule has 6 atom stereocenters. The summed E-state index contributed by atoms with van der Waals surface area (Å²) in [5.41, 5.74) is 2.19. The zero-order valence-electron chi connectivity index (χ0n) is 18.9. The van der Waals surface area contributed by atoms with Crippen molar-refractivity contribution < 1.29 is 42.5 Å². The van der Waals surface area contributed by atoms with Gasteiger partial charge in [0.1, 0.15) is 11.4 Å². The molecule has 0 heterocycles. The smallest absolute Gasteiger partial charge is 0.342 e. The largest absolute Gasteiger partial charge is 0.479 e. The first kappa shape index (κ1) is 24.5. The van der Waals surface area contributed by atoms with Gasteiger partial charge in [0.05, 0.1) is 18.6 Å². The summed E-state index contributed by atoms with van der Waals surface area (Å²) in [5, 5.41) is 9.37. The number of hydrogen-bond acceptors (Lipinski definition) is 7. The number of carbonyl (C=O) groups excluding carboxylic acids is 2. The van der Waals surface area contributed by atoms with Crippen LogP contribution in [0, 0.1) is 23.6 Å². The van der Waals surface area contributed by atoms with Gasteiger partial charge in [0.15, 0.2) is 0 Å². The van der Waals surface area contributed by atoms with E-state index in [1.807, 2.05) is 0 Å². The number of ether oxygens (including phenoxy) is 3. The highest BCUT2D eigenvalue weighted by Gasteiger charge is 2.85. The Morgan fingerprint density at radius 3 is 2.41 bits per heavy atom. The number of carboxylic acid groups (broad SMARTS) is 1. The highest BCUT2D eigenvalue weighted by atomic mass is 19.1. The van der Waals surface area contributed by atoms with Crippen LogP contribution in [-0.4, -0.2) is 46.6 Å². The maximum Gasteiger partial charge on any atom is 0.342 e. The maximum absolute atomic E-state index is 15.1. The van der Waals surface area contributed by atoms with E-state index in [9.17, 15) is 23.9 Å². The zero-order chi connectivity index (χ0) is 24.7. The van der Waals surface area contributed by atoms with E-state index >= 15 is 4.39 Å². The molecule has 0 saturated heterocycles. The van der Waals surface area contributed by atoms with Crippen LogP contribution < -0.4 is 5.73 Å². The number of alkyl halides is 1. The Morgan fingerprint density at radius 2 is 1.79 bits per heavy atom. The van der Waals surface area contributed by atoms with Crippen molar-refractivity contribution in [3.63, 3.8) is 0 Å². The standard InChI is InChI=1S/C24H29F2NO7/c1-13(33-20(28)15-5-3-2-4-6-15)34-22(31)24(27)18(11-17-19(24)23(17,26)21(29)30)32-12-14-7-9-16(25)10-8-14/h7-10,13,15,17-19H,2-6,11-12,27H2,1H3,(H,29,30)/t13-,17+,18+,19-,23+,24-/m0/s1. The lowest BCUT2D eigenvalue weighted by Gasteiger charge is -2.34. The van der Waals surface area contributed by atoms with Crippen LogP contribution in [0.1, 0.15) is 51.0 Å². The van der Waals surface area contributed by atoms with Crippen molar-refractivity contribution >= 4 is 17.9 Å². The minimum absolute atomic E-state index is 0.0464. The van der Waals surface area contributed by atoms with Gasteiger partial charge in [-0.3, -0.25) is 4.79 Å². The van der Waals surface area contributed by atoms with Gasteiger partial charge in [-0.2, -0.15) is 0 Å². The predicted octanol–water partition coefficient (Wildman–Crippen LogP) is 2.86. The van der Waals surface area contributed by atoms with Crippen LogP contribution >= 0.6 is 0 Å². The van der Waals surface area contributed by atoms with E-state index in [1.54, 1.807) is 0 Å². The molecule has 0 aromatic heterocycles. The number of nitrogens with two attached hydrogens (primary N) is 1. The second-order valence-corrected chi connectivity index (χ2v) is 9.50. The summed E-state index contributed by atoms with van der Waals surface area (Å²) in [7, 11) is 0. The SMILES string of the molecule is C[C@@H](OC(=O)C1CCCCC1)OC(=O)[C@@]1(N)[C@H]2[C@@H](C[C@H]1OCc1ccc(F)cc1)[C@]2(F)C(=O)O. The van der Waals surface area contributed by atoms with Crippen molar-refractivity contribution in [2.45, 2.75) is 75.7 Å². The minimum atomic E-state index is -2.66. The monoisotopic (exact) mass is 481 g/mol. The summed E-state index contributed by atoms with van der Waals surface area (Å²) in [6.07, 6.45) is 1.88. The molecule has 4 rings (SSSR count). The van der Waals surface area contributed by atoms with Gasteiger partial charge in [0.2, 0.25) is 12.0 Å². The Hall–Kier alpha value is -2.59. The Labute approximate surface area is 195 Å². The van der Waals surface area contributed by atoms with Crippen LogP contribution in [0.15, 0.2) is 24.3 Å². The van der Waals surface area contributed by atoms with Gasteiger partial charge in [0.25, 0.3) is 0 Å². The summed E-state index contributed by atoms with van der Waals surface area (Å²) in [5.74, 6) is -6.31. The van der Waals surface area contributed by atoms with E-state index in [4.69, 9.17) is 19.9 Å². The second-order valence-electron chi connectivity index (χ2n) is 9.50. The highest BCUT2D eigenvalue weighted by molar-refractivity contribution is 5.91. The van der Waals surface area contributed by atoms with Gasteiger partial charge in [-0.15, -0.1) is 0 Å². The number of halogens is 2. The van der Waals surface area contributed by atoms with Crippen LogP contribution in [-0.2, 0) is 35.2 Å². The van der Waals surface area contributed by atoms with Gasteiger partial charge in [-0.05, 0) is 37.0 Å². The molecule has 34 heavy (non-hydrogen) atoms. The fraction of sp³-hybridized carbons (Fsp3) is 0.625. The first-order valence-electron chi connectivity index (χ1n) is 11.6. The summed E-state index contributed by atoms with van der Waals surface area (Å²) in [6.45, 7) is 1.31. The van der Waals surface area contributed by atoms with E-state index in [0.717, 1.165) is 19.3 Å². The molecule has 8 nitrogen and oxygen atoms in total. The van der Waals surface area contributed by atoms with Gasteiger partial charge < -0.3 is 25.1 Å². The molecule has 3 aliphatic rings. The van der Waals surface area contributed by atoms with Crippen molar-refractivity contribution in [3.8, 4) is 0 Å². The first-order chi connectivity index (χ1) is 16.1. The normalized spacial score (nSPS) is 33.6. The van der Waals surface area contributed by atoms with Crippen molar-refractivity contribution in [2.24, 2.45) is 23.5 Å². The zero-order valence-corrected chi connectivity index (χ0v) is 18.9. The second kappa shape index (κ2) is 9.22. The third-order valence-corrected chi connectivity index (χ3v) is 7.34. The number of benzene rings is 1. The van der Waals surface area contributed by atoms with Crippen LogP contribution in [0.3, 0.4) is 0 Å². The summed E-state index contributed by atoms with van der Waals surface area (Å²) >= 11 is 0. The number of rotatable bonds is 8. The summed E-state index contributed by atoms with van der Waals surface area (Å²) < 4.78 is 44.6. The van der Waals surface area contributed by atoms with Crippen LogP contribution in [0.2, 0.25) is 0 Å². The number of fused-ring (bicyclic) bond motifs is 1. The van der Waals surface area contributed by atoms with Crippen LogP contribution in [0.4, 0.5) is 8.78 Å². The Kier molecular flexibility index (Phi) is 6.65. The fourth-order valence-corrected chi connectivity index (χ4v) is 5.45. The van der Waals surface area contributed by atoms with Crippen LogP contribution in [0.25, 0.3) is 0 Å². The molecule has 0 unspecified atom stereocenters. The van der Waals surface area contributed by atoms with Crippen LogP contribution in [0.5, 0.6) is 0 Å². The average Bonchev–Trinajstić information content (AvgIpc) is 3.29. The maximum atomic E-state index is 15.1. The van der Waals surface area contributed by atoms with E-state index < -0.39 is 59.2 Å². The van der Waals surface area contributed by atoms with E-state index in [-0.39, 0.29) is 18.9 Å². The molecule has 3 saturated carbocycles. The van der Waals surface area contributed by atoms with E-state index in [0.29, 0.717) is 18.4 Å². The molecular weight excluding hydrogens is 452 g/mol. The minimum Gasteiger partial charge on any atom is -0.479 e. The van der Waals surface area contributed by atoms with Crippen molar-refractivity contribution in [1.82, 2.24) is 0 Å². The fourth-order valence-electron chi connectivity index (χ4n) is 5.45. The highest BCUT2D eigenvalue weighted by Crippen LogP contribution is 2.67. The molecule has 1 aromatic carbocycles. The van der Waals surface area contributed by atoms with Gasteiger partial charge in [-0.1, -0.05) is 31.4 Å². The number of hydrogen-bond donors (Lipinski definition) is 2. The molecule has 3 N–H and O–H groups in total. The topological polar surface area (TPSA) is 125 Å². The third-order valence-electron chi connectivity index (χ3n) is 7.34. The van der Waals surface area contributed by atoms with E-state index in [2.05, 4.69) is 0 Å². The molecule has 0 spiro atoms.